The number of rotatable bonds is 4. The molecule has 0 N–H and O–H groups in total. The van der Waals surface area contributed by atoms with E-state index in [1.807, 2.05) is 18.2 Å². The van der Waals surface area contributed by atoms with Gasteiger partial charge in [-0.05, 0) is 104 Å². The van der Waals surface area contributed by atoms with Gasteiger partial charge in [0.1, 0.15) is 11.5 Å². The summed E-state index contributed by atoms with van der Waals surface area (Å²) in [5, 5.41) is 2.51. The van der Waals surface area contributed by atoms with Crippen LogP contribution >= 0.6 is 0 Å². The maximum Gasteiger partial charge on any atom is 0.130 e. The van der Waals surface area contributed by atoms with Gasteiger partial charge in [-0.1, -0.05) is 117 Å². The van der Waals surface area contributed by atoms with Gasteiger partial charge in [0, 0.05) is 28.9 Å². The molecule has 0 aromatic heterocycles. The van der Waals surface area contributed by atoms with Crippen LogP contribution in [0.3, 0.4) is 0 Å². The molecule has 2 heteroatoms. The fourth-order valence-corrected chi connectivity index (χ4v) is 7.11. The SMILES string of the molecule is C=C1/C=C\C2=C(Cc3ccccc3O1)c1ccc(N(c3ccccc3)c3ccc(-c4ccc5ccccc5c4)cc3)cc1C2(C)C. The first-order valence-corrected chi connectivity index (χ1v) is 15.9. The minimum Gasteiger partial charge on any atom is -0.458 e. The molecule has 2 nitrogen and oxygen atoms in total. The second-order valence-corrected chi connectivity index (χ2v) is 12.7. The molecule has 0 atom stereocenters. The monoisotopic (exact) mass is 593 g/mol. The van der Waals surface area contributed by atoms with E-state index in [4.69, 9.17) is 4.74 Å². The van der Waals surface area contributed by atoms with Crippen molar-refractivity contribution in [2.75, 3.05) is 4.90 Å². The van der Waals surface area contributed by atoms with Crippen molar-refractivity contribution < 1.29 is 4.74 Å². The minimum absolute atomic E-state index is 0.195. The smallest absolute Gasteiger partial charge is 0.130 e. The first-order chi connectivity index (χ1) is 22.5. The van der Waals surface area contributed by atoms with Gasteiger partial charge >= 0.3 is 0 Å². The van der Waals surface area contributed by atoms with E-state index >= 15 is 0 Å². The number of anilines is 3. The quantitative estimate of drug-likeness (QED) is 0.202. The predicted molar refractivity (Wildman–Crippen MR) is 193 cm³/mol. The molecular weight excluding hydrogens is 558 g/mol. The van der Waals surface area contributed by atoms with Crippen molar-refractivity contribution in [2.24, 2.45) is 0 Å². The second kappa shape index (κ2) is 11.1. The lowest BCUT2D eigenvalue weighted by Gasteiger charge is -2.28. The van der Waals surface area contributed by atoms with Gasteiger partial charge in [0.15, 0.2) is 0 Å². The Morgan fingerprint density at radius 2 is 1.28 bits per heavy atom. The van der Waals surface area contributed by atoms with Crippen molar-refractivity contribution in [1.82, 2.24) is 0 Å². The van der Waals surface area contributed by atoms with Crippen molar-refractivity contribution in [3.63, 3.8) is 0 Å². The van der Waals surface area contributed by atoms with Crippen molar-refractivity contribution in [2.45, 2.75) is 25.7 Å². The Morgan fingerprint density at radius 3 is 2.11 bits per heavy atom. The van der Waals surface area contributed by atoms with Crippen LogP contribution in [-0.4, -0.2) is 0 Å². The highest BCUT2D eigenvalue weighted by Gasteiger charge is 2.37. The number of hydrogen-bond acceptors (Lipinski definition) is 2. The van der Waals surface area contributed by atoms with Crippen LogP contribution in [0.25, 0.3) is 27.5 Å². The Morgan fingerprint density at radius 1 is 0.609 bits per heavy atom. The van der Waals surface area contributed by atoms with Gasteiger partial charge in [-0.3, -0.25) is 0 Å². The number of fused-ring (bicyclic) bond motifs is 4. The Hall–Kier alpha value is -5.60. The Kier molecular flexibility index (Phi) is 6.73. The highest BCUT2D eigenvalue weighted by molar-refractivity contribution is 5.89. The van der Waals surface area contributed by atoms with E-state index in [9.17, 15) is 0 Å². The third-order valence-corrected chi connectivity index (χ3v) is 9.50. The van der Waals surface area contributed by atoms with Gasteiger partial charge in [0.2, 0.25) is 0 Å². The summed E-state index contributed by atoms with van der Waals surface area (Å²) in [5.74, 6) is 1.52. The summed E-state index contributed by atoms with van der Waals surface area (Å²) in [7, 11) is 0. The van der Waals surface area contributed by atoms with Crippen LogP contribution in [0, 0.1) is 0 Å². The van der Waals surface area contributed by atoms with Crippen molar-refractivity contribution in [3.05, 3.63) is 186 Å². The lowest BCUT2D eigenvalue weighted by atomic mass is 9.80. The highest BCUT2D eigenvalue weighted by atomic mass is 16.5. The first kappa shape index (κ1) is 27.9. The van der Waals surface area contributed by atoms with Crippen LogP contribution in [-0.2, 0) is 11.8 Å². The molecule has 1 heterocycles. The third kappa shape index (κ3) is 4.83. The normalized spacial score (nSPS) is 15.6. The molecule has 0 unspecified atom stereocenters. The number of nitrogens with zero attached hydrogens (tertiary/aromatic N) is 1. The molecule has 0 bridgehead atoms. The summed E-state index contributed by atoms with van der Waals surface area (Å²) >= 11 is 0. The van der Waals surface area contributed by atoms with Crippen LogP contribution in [0.1, 0.15) is 30.5 Å². The molecule has 0 radical (unpaired) electrons. The predicted octanol–water partition coefficient (Wildman–Crippen LogP) is 11.7. The van der Waals surface area contributed by atoms with E-state index in [-0.39, 0.29) is 5.41 Å². The summed E-state index contributed by atoms with van der Waals surface area (Å²) < 4.78 is 6.13. The Balaban J connectivity index is 1.21. The van der Waals surface area contributed by atoms with Crippen LogP contribution in [0.15, 0.2) is 170 Å². The van der Waals surface area contributed by atoms with Gasteiger partial charge in [0.25, 0.3) is 0 Å². The number of para-hydroxylation sites is 2. The summed E-state index contributed by atoms with van der Waals surface area (Å²) in [5.41, 5.74) is 12.1. The summed E-state index contributed by atoms with van der Waals surface area (Å²) in [6.45, 7) is 8.84. The maximum atomic E-state index is 6.13. The van der Waals surface area contributed by atoms with Gasteiger partial charge in [-0.25, -0.2) is 0 Å². The fraction of sp³-hybridized carbons (Fsp3) is 0.0909. The Bertz CT molecular complexity index is 2180. The summed E-state index contributed by atoms with van der Waals surface area (Å²) in [6.07, 6.45) is 5.03. The van der Waals surface area contributed by atoms with E-state index in [1.54, 1.807) is 0 Å². The molecule has 0 spiro atoms. The molecule has 0 saturated carbocycles. The first-order valence-electron chi connectivity index (χ1n) is 15.9. The van der Waals surface area contributed by atoms with E-state index < -0.39 is 0 Å². The van der Waals surface area contributed by atoms with E-state index in [0.29, 0.717) is 5.76 Å². The molecule has 0 fully saturated rings. The zero-order chi connectivity index (χ0) is 31.3. The molecule has 0 amide bonds. The van der Waals surface area contributed by atoms with E-state index in [2.05, 4.69) is 159 Å². The molecule has 1 aliphatic carbocycles. The number of hydrogen-bond donors (Lipinski definition) is 0. The van der Waals surface area contributed by atoms with Crippen LogP contribution in [0.5, 0.6) is 5.75 Å². The van der Waals surface area contributed by atoms with Gasteiger partial charge in [0.05, 0.1) is 0 Å². The standard InChI is InChI=1S/C44H35NO/c1-30-17-26-41-40(28-35-13-9-10-16-43(35)46-30)39-25-24-38(29-42(39)44(41,2)3)45(36-14-5-4-6-15-36)37-22-20-32(21-23-37)34-19-18-31-11-7-8-12-33(31)27-34/h4-27,29H,1,28H2,2-3H3/b26-17-. The molecule has 1 aliphatic heterocycles. The van der Waals surface area contributed by atoms with E-state index in [0.717, 1.165) is 29.2 Å². The van der Waals surface area contributed by atoms with Gasteiger partial charge in [-0.2, -0.15) is 0 Å². The van der Waals surface area contributed by atoms with Crippen LogP contribution < -0.4 is 9.64 Å². The molecule has 2 aliphatic rings. The summed E-state index contributed by atoms with van der Waals surface area (Å²) in [4.78, 5) is 2.36. The van der Waals surface area contributed by atoms with Crippen molar-refractivity contribution >= 4 is 33.4 Å². The van der Waals surface area contributed by atoms with Crippen molar-refractivity contribution in [1.29, 1.82) is 0 Å². The average molecular weight is 594 g/mol. The molecule has 0 saturated heterocycles. The zero-order valence-corrected chi connectivity index (χ0v) is 26.2. The Labute approximate surface area is 271 Å². The molecule has 222 valence electrons. The fourth-order valence-electron chi connectivity index (χ4n) is 7.11. The number of ether oxygens (including phenoxy) is 1. The highest BCUT2D eigenvalue weighted by Crippen LogP contribution is 2.51. The third-order valence-electron chi connectivity index (χ3n) is 9.50. The van der Waals surface area contributed by atoms with Crippen molar-refractivity contribution in [3.8, 4) is 16.9 Å². The zero-order valence-electron chi connectivity index (χ0n) is 26.2. The van der Waals surface area contributed by atoms with Gasteiger partial charge < -0.3 is 9.64 Å². The lowest BCUT2D eigenvalue weighted by molar-refractivity contribution is 0.443. The van der Waals surface area contributed by atoms with Crippen LogP contribution in [0.2, 0.25) is 0 Å². The van der Waals surface area contributed by atoms with Crippen LogP contribution in [0.4, 0.5) is 17.1 Å². The number of benzene rings is 6. The lowest BCUT2D eigenvalue weighted by Crippen LogP contribution is -2.17. The summed E-state index contributed by atoms with van der Waals surface area (Å²) in [6, 6.07) is 50.1. The molecule has 6 aromatic rings. The molecule has 8 rings (SSSR count). The second-order valence-electron chi connectivity index (χ2n) is 12.7. The topological polar surface area (TPSA) is 12.5 Å². The number of allylic oxidation sites excluding steroid dienone is 4. The molecule has 46 heavy (non-hydrogen) atoms. The minimum atomic E-state index is -0.195. The maximum absolute atomic E-state index is 6.13. The largest absolute Gasteiger partial charge is 0.458 e. The molecular formula is C44H35NO. The average Bonchev–Trinajstić information content (AvgIpc) is 3.33. The van der Waals surface area contributed by atoms with E-state index in [1.165, 1.54) is 49.7 Å². The van der Waals surface area contributed by atoms with Gasteiger partial charge in [-0.15, -0.1) is 0 Å². The molecule has 6 aromatic carbocycles.